The fourth-order valence-electron chi connectivity index (χ4n) is 1.45. The molecule has 4 nitrogen and oxygen atoms in total. The van der Waals surface area contributed by atoms with Crippen molar-refractivity contribution < 1.29 is 13.2 Å². The van der Waals surface area contributed by atoms with E-state index in [0.29, 0.717) is 26.9 Å². The van der Waals surface area contributed by atoms with Gasteiger partial charge in [-0.1, -0.05) is 11.6 Å². The largest absolute Gasteiger partial charge is 0.494 e. The molecule has 8 heteroatoms. The van der Waals surface area contributed by atoms with Gasteiger partial charge in [-0.25, -0.2) is 8.42 Å². The first-order valence-corrected chi connectivity index (χ1v) is 9.10. The molecule has 0 saturated heterocycles. The molecule has 0 saturated carbocycles. The number of sulfonamides is 1. The number of thiophene rings is 1. The molecule has 20 heavy (non-hydrogen) atoms. The molecule has 1 aromatic carbocycles. The van der Waals surface area contributed by atoms with E-state index in [1.165, 1.54) is 6.07 Å². The Hall–Kier alpha value is -0.760. The number of nitrogens with one attached hydrogen (secondary N) is 1. The van der Waals surface area contributed by atoms with Gasteiger partial charge in [-0.2, -0.15) is 0 Å². The minimum Gasteiger partial charge on any atom is -0.494 e. The molecule has 0 fully saturated rings. The van der Waals surface area contributed by atoms with E-state index in [4.69, 9.17) is 16.3 Å². The Kier molecular flexibility index (Phi) is 4.95. The summed E-state index contributed by atoms with van der Waals surface area (Å²) in [5.41, 5.74) is 0.467. The number of anilines is 1. The highest BCUT2D eigenvalue weighted by Gasteiger charge is 2.19. The van der Waals surface area contributed by atoms with Crippen molar-refractivity contribution in [2.45, 2.75) is 11.1 Å². The van der Waals surface area contributed by atoms with Crippen molar-refractivity contribution in [3.63, 3.8) is 0 Å². The molecule has 0 amide bonds. The molecule has 0 aliphatic heterocycles. The Morgan fingerprint density at radius 3 is 2.50 bits per heavy atom. The van der Waals surface area contributed by atoms with E-state index in [0.717, 1.165) is 11.3 Å². The molecule has 0 radical (unpaired) electrons. The molecular weight excluding hydrogens is 386 g/mol. The highest BCUT2D eigenvalue weighted by molar-refractivity contribution is 9.11. The second-order valence-corrected chi connectivity index (χ2v) is 8.44. The Bertz CT molecular complexity index is 678. The Labute approximate surface area is 134 Å². The zero-order valence-electron chi connectivity index (χ0n) is 10.4. The Balaban J connectivity index is 2.19. The quantitative estimate of drug-likeness (QED) is 0.817. The van der Waals surface area contributed by atoms with Crippen LogP contribution in [-0.2, 0) is 10.0 Å². The average Bonchev–Trinajstić information content (AvgIpc) is 2.73. The molecule has 2 aromatic rings. The van der Waals surface area contributed by atoms with Gasteiger partial charge in [-0.3, -0.25) is 4.72 Å². The summed E-state index contributed by atoms with van der Waals surface area (Å²) >= 11 is 10.1. The number of hydrogen-bond donors (Lipinski definition) is 1. The van der Waals surface area contributed by atoms with Gasteiger partial charge in [0.25, 0.3) is 10.0 Å². The van der Waals surface area contributed by atoms with E-state index in [-0.39, 0.29) is 4.21 Å². The van der Waals surface area contributed by atoms with E-state index in [1.54, 1.807) is 24.3 Å². The molecular formula is C12H11BrClNO3S2. The molecule has 0 spiro atoms. The van der Waals surface area contributed by atoms with Crippen LogP contribution in [0.25, 0.3) is 0 Å². The van der Waals surface area contributed by atoms with Crippen molar-refractivity contribution in [2.24, 2.45) is 0 Å². The predicted molar refractivity (Wildman–Crippen MR) is 85.4 cm³/mol. The second kappa shape index (κ2) is 6.34. The van der Waals surface area contributed by atoms with Gasteiger partial charge in [0.2, 0.25) is 0 Å². The lowest BCUT2D eigenvalue weighted by molar-refractivity contribution is 0.340. The Morgan fingerprint density at radius 2 is 2.00 bits per heavy atom. The van der Waals surface area contributed by atoms with Gasteiger partial charge in [-0.05, 0) is 53.2 Å². The summed E-state index contributed by atoms with van der Waals surface area (Å²) in [6.45, 7) is 2.45. The summed E-state index contributed by atoms with van der Waals surface area (Å²) in [5.74, 6) is 0.692. The molecule has 0 unspecified atom stereocenters. The SMILES string of the molecule is CCOc1ccc(NS(=O)(=O)c2cc(Cl)c(Br)s2)cc1. The standard InChI is InChI=1S/C12H11BrClNO3S2/c1-2-18-9-5-3-8(4-6-9)15-20(16,17)11-7-10(14)12(13)19-11/h3-7,15H,2H2,1H3. The first-order chi connectivity index (χ1) is 9.42. The maximum Gasteiger partial charge on any atom is 0.271 e. The molecule has 0 aliphatic carbocycles. The average molecular weight is 397 g/mol. The number of hydrogen-bond acceptors (Lipinski definition) is 4. The third-order valence-corrected chi connectivity index (χ3v) is 6.63. The van der Waals surface area contributed by atoms with Gasteiger partial charge in [0.05, 0.1) is 15.4 Å². The first-order valence-electron chi connectivity index (χ1n) is 5.63. The maximum atomic E-state index is 12.2. The van der Waals surface area contributed by atoms with Crippen molar-refractivity contribution in [2.75, 3.05) is 11.3 Å². The van der Waals surface area contributed by atoms with Crippen molar-refractivity contribution in [3.05, 3.63) is 39.1 Å². The van der Waals surface area contributed by atoms with E-state index in [9.17, 15) is 8.42 Å². The Morgan fingerprint density at radius 1 is 1.35 bits per heavy atom. The second-order valence-electron chi connectivity index (χ2n) is 3.75. The van der Waals surface area contributed by atoms with E-state index in [1.807, 2.05) is 6.92 Å². The van der Waals surface area contributed by atoms with Crippen LogP contribution in [-0.4, -0.2) is 15.0 Å². The number of halogens is 2. The van der Waals surface area contributed by atoms with Gasteiger partial charge in [0.15, 0.2) is 0 Å². The minimum atomic E-state index is -3.63. The van der Waals surface area contributed by atoms with Crippen LogP contribution < -0.4 is 9.46 Å². The van der Waals surface area contributed by atoms with Crippen LogP contribution in [0.3, 0.4) is 0 Å². The summed E-state index contributed by atoms with van der Waals surface area (Å²) in [6, 6.07) is 8.12. The molecule has 2 rings (SSSR count). The van der Waals surface area contributed by atoms with E-state index < -0.39 is 10.0 Å². The van der Waals surface area contributed by atoms with Crippen LogP contribution in [0.2, 0.25) is 5.02 Å². The van der Waals surface area contributed by atoms with Crippen LogP contribution in [0, 0.1) is 0 Å². The lowest BCUT2D eigenvalue weighted by Gasteiger charge is -2.07. The minimum absolute atomic E-state index is 0.156. The number of benzene rings is 1. The van der Waals surface area contributed by atoms with Crippen LogP contribution in [0.5, 0.6) is 5.75 Å². The van der Waals surface area contributed by atoms with Crippen LogP contribution in [0.1, 0.15) is 6.92 Å². The highest BCUT2D eigenvalue weighted by atomic mass is 79.9. The van der Waals surface area contributed by atoms with Crippen molar-refractivity contribution in [3.8, 4) is 5.75 Å². The lowest BCUT2D eigenvalue weighted by atomic mass is 10.3. The third kappa shape index (κ3) is 3.66. The van der Waals surface area contributed by atoms with Crippen LogP contribution in [0.4, 0.5) is 5.69 Å². The summed E-state index contributed by atoms with van der Waals surface area (Å²) in [4.78, 5) is 0. The van der Waals surface area contributed by atoms with E-state index >= 15 is 0 Å². The van der Waals surface area contributed by atoms with Gasteiger partial charge in [0, 0.05) is 5.69 Å². The molecule has 1 aromatic heterocycles. The fourth-order valence-corrected chi connectivity index (χ4v) is 4.91. The molecule has 0 atom stereocenters. The number of ether oxygens (including phenoxy) is 1. The van der Waals surface area contributed by atoms with Gasteiger partial charge >= 0.3 is 0 Å². The topological polar surface area (TPSA) is 55.4 Å². The molecule has 108 valence electrons. The first kappa shape index (κ1) is 15.6. The van der Waals surface area contributed by atoms with E-state index in [2.05, 4.69) is 20.7 Å². The molecule has 1 heterocycles. The van der Waals surface area contributed by atoms with Crippen molar-refractivity contribution >= 4 is 54.6 Å². The zero-order valence-corrected chi connectivity index (χ0v) is 14.4. The third-order valence-electron chi connectivity index (χ3n) is 2.30. The lowest BCUT2D eigenvalue weighted by Crippen LogP contribution is -2.11. The highest BCUT2D eigenvalue weighted by Crippen LogP contribution is 2.35. The summed E-state index contributed by atoms with van der Waals surface area (Å²) in [5, 5.41) is 0.377. The van der Waals surface area contributed by atoms with Gasteiger partial charge < -0.3 is 4.74 Å². The van der Waals surface area contributed by atoms with Crippen molar-refractivity contribution in [1.82, 2.24) is 0 Å². The predicted octanol–water partition coefficient (Wildman–Crippen LogP) is 4.36. The van der Waals surface area contributed by atoms with Crippen LogP contribution >= 0.6 is 38.9 Å². The molecule has 1 N–H and O–H groups in total. The summed E-state index contributed by atoms with van der Waals surface area (Å²) in [6.07, 6.45) is 0. The summed E-state index contributed by atoms with van der Waals surface area (Å²) < 4.78 is 32.9. The van der Waals surface area contributed by atoms with Gasteiger partial charge in [0.1, 0.15) is 9.96 Å². The normalized spacial score (nSPS) is 11.3. The van der Waals surface area contributed by atoms with Gasteiger partial charge in [-0.15, -0.1) is 11.3 Å². The van der Waals surface area contributed by atoms with Crippen LogP contribution in [0.15, 0.2) is 38.3 Å². The van der Waals surface area contributed by atoms with Crippen molar-refractivity contribution in [1.29, 1.82) is 0 Å². The molecule has 0 aliphatic rings. The number of rotatable bonds is 5. The molecule has 0 bridgehead atoms. The zero-order chi connectivity index (χ0) is 14.8. The fraction of sp³-hybridized carbons (Fsp3) is 0.167. The smallest absolute Gasteiger partial charge is 0.271 e. The monoisotopic (exact) mass is 395 g/mol. The maximum absolute atomic E-state index is 12.2. The summed E-state index contributed by atoms with van der Waals surface area (Å²) in [7, 11) is -3.63.